The first-order valence-electron chi connectivity index (χ1n) is 10.9. The second-order valence-corrected chi connectivity index (χ2v) is 8.47. The average Bonchev–Trinajstić information content (AvgIpc) is 3.12. The van der Waals surface area contributed by atoms with Gasteiger partial charge in [0.05, 0.1) is 6.54 Å². The number of rotatable bonds is 8. The largest absolute Gasteiger partial charge is 0.573 e. The van der Waals surface area contributed by atoms with E-state index in [2.05, 4.69) is 14.7 Å². The number of ether oxygens (including phenoxy) is 2. The maximum Gasteiger partial charge on any atom is 0.573 e. The molecule has 0 aliphatic rings. The molecule has 0 spiro atoms. The maximum atomic E-state index is 13.2. The molecule has 2 aromatic heterocycles. The first kappa shape index (κ1) is 27.1. The standard InChI is InChI=1S/C23H17ClF6N4O4/c24-14-7-5-13(6-8-14)12-34-17-18(31-20(36)33(19(17)35)10-2-9-22(25,26)27)32-21(34)37-15-3-1-4-16(11-15)38-23(28,29)30/h1,3-8,11H,2,9-10,12H2,(H,31,36). The number of benzene rings is 2. The van der Waals surface area contributed by atoms with Crippen molar-refractivity contribution in [3.63, 3.8) is 0 Å². The van der Waals surface area contributed by atoms with Crippen molar-refractivity contribution in [2.75, 3.05) is 0 Å². The van der Waals surface area contributed by atoms with Crippen LogP contribution in [0.5, 0.6) is 17.5 Å². The fraction of sp³-hybridized carbons (Fsp3) is 0.261. The molecule has 0 amide bonds. The normalized spacial score (nSPS) is 12.2. The molecule has 15 heteroatoms. The summed E-state index contributed by atoms with van der Waals surface area (Å²) < 4.78 is 87.1. The molecular formula is C23H17ClF6N4O4. The van der Waals surface area contributed by atoms with Crippen LogP contribution in [0.25, 0.3) is 11.2 Å². The van der Waals surface area contributed by atoms with Gasteiger partial charge in [0.25, 0.3) is 5.56 Å². The molecule has 2 aromatic carbocycles. The number of imidazole rings is 1. The molecule has 0 atom stereocenters. The van der Waals surface area contributed by atoms with E-state index in [0.717, 1.165) is 12.1 Å². The molecule has 4 rings (SSSR count). The van der Waals surface area contributed by atoms with Gasteiger partial charge in [0.1, 0.15) is 11.5 Å². The molecule has 0 saturated carbocycles. The third-order valence-corrected chi connectivity index (χ3v) is 5.45. The first-order chi connectivity index (χ1) is 17.8. The molecule has 0 aliphatic carbocycles. The van der Waals surface area contributed by atoms with E-state index in [-0.39, 0.29) is 29.5 Å². The minimum Gasteiger partial charge on any atom is -0.425 e. The minimum atomic E-state index is -4.95. The molecule has 38 heavy (non-hydrogen) atoms. The zero-order chi connectivity index (χ0) is 27.7. The lowest BCUT2D eigenvalue weighted by molar-refractivity contribution is -0.274. The maximum absolute atomic E-state index is 13.2. The van der Waals surface area contributed by atoms with Crippen LogP contribution in [0.15, 0.2) is 58.1 Å². The average molecular weight is 563 g/mol. The highest BCUT2D eigenvalue weighted by molar-refractivity contribution is 6.30. The van der Waals surface area contributed by atoms with Gasteiger partial charge < -0.3 is 9.47 Å². The number of halogens is 7. The predicted molar refractivity (Wildman–Crippen MR) is 124 cm³/mol. The number of aromatic nitrogens is 4. The Morgan fingerprint density at radius 2 is 1.63 bits per heavy atom. The predicted octanol–water partition coefficient (Wildman–Crippen LogP) is 5.62. The Kier molecular flexibility index (Phi) is 7.44. The van der Waals surface area contributed by atoms with Crippen LogP contribution < -0.4 is 20.7 Å². The van der Waals surface area contributed by atoms with Crippen LogP contribution >= 0.6 is 11.6 Å². The molecule has 0 radical (unpaired) electrons. The SMILES string of the molecule is O=c1[nH]c2nc(Oc3cccc(OC(F)(F)F)c3)n(Cc3ccc(Cl)cc3)c2c(=O)n1CCCC(F)(F)F. The number of hydrogen-bond acceptors (Lipinski definition) is 5. The molecule has 0 unspecified atom stereocenters. The summed E-state index contributed by atoms with van der Waals surface area (Å²) in [5.74, 6) is -0.706. The van der Waals surface area contributed by atoms with Crippen LogP contribution in [0, 0.1) is 0 Å². The zero-order valence-electron chi connectivity index (χ0n) is 19.1. The van der Waals surface area contributed by atoms with Crippen molar-refractivity contribution in [3.8, 4) is 17.5 Å². The van der Waals surface area contributed by atoms with Crippen molar-refractivity contribution in [2.45, 2.75) is 38.5 Å². The number of alkyl halides is 6. The van der Waals surface area contributed by atoms with E-state index in [1.54, 1.807) is 24.3 Å². The van der Waals surface area contributed by atoms with Crippen molar-refractivity contribution < 1.29 is 35.8 Å². The molecule has 0 bridgehead atoms. The molecule has 2 heterocycles. The summed E-state index contributed by atoms with van der Waals surface area (Å²) in [5, 5.41) is 0.429. The van der Waals surface area contributed by atoms with Gasteiger partial charge in [0, 0.05) is 24.1 Å². The minimum absolute atomic E-state index is 0.0639. The van der Waals surface area contributed by atoms with Crippen molar-refractivity contribution in [2.24, 2.45) is 0 Å². The van der Waals surface area contributed by atoms with Gasteiger partial charge in [0.15, 0.2) is 11.2 Å². The van der Waals surface area contributed by atoms with Crippen molar-refractivity contribution in [1.29, 1.82) is 0 Å². The third kappa shape index (κ3) is 6.68. The number of H-pyrrole nitrogens is 1. The smallest absolute Gasteiger partial charge is 0.425 e. The second kappa shape index (κ2) is 10.4. The topological polar surface area (TPSA) is 91.1 Å². The van der Waals surface area contributed by atoms with Gasteiger partial charge in [-0.15, -0.1) is 13.2 Å². The summed E-state index contributed by atoms with van der Waals surface area (Å²) in [6.07, 6.45) is -11.1. The van der Waals surface area contributed by atoms with E-state index in [4.69, 9.17) is 16.3 Å². The van der Waals surface area contributed by atoms with E-state index in [0.29, 0.717) is 15.2 Å². The second-order valence-electron chi connectivity index (χ2n) is 8.03. The highest BCUT2D eigenvalue weighted by atomic mass is 35.5. The number of hydrogen-bond donors (Lipinski definition) is 1. The van der Waals surface area contributed by atoms with Crippen molar-refractivity contribution >= 4 is 22.8 Å². The van der Waals surface area contributed by atoms with E-state index in [1.165, 1.54) is 16.7 Å². The van der Waals surface area contributed by atoms with Gasteiger partial charge in [-0.25, -0.2) is 4.79 Å². The lowest BCUT2D eigenvalue weighted by Crippen LogP contribution is -2.36. The van der Waals surface area contributed by atoms with Crippen LogP contribution in [0.3, 0.4) is 0 Å². The van der Waals surface area contributed by atoms with E-state index in [1.807, 2.05) is 0 Å². The molecule has 8 nitrogen and oxygen atoms in total. The molecule has 1 N–H and O–H groups in total. The summed E-state index contributed by atoms with van der Waals surface area (Å²) >= 11 is 5.92. The summed E-state index contributed by atoms with van der Waals surface area (Å²) in [5.41, 5.74) is -1.71. The molecule has 4 aromatic rings. The molecule has 0 aliphatic heterocycles. The Hall–Kier alpha value is -3.94. The Bertz CT molecular complexity index is 1560. The summed E-state index contributed by atoms with van der Waals surface area (Å²) in [7, 11) is 0. The highest BCUT2D eigenvalue weighted by Gasteiger charge is 2.31. The first-order valence-corrected chi connectivity index (χ1v) is 11.2. The fourth-order valence-electron chi connectivity index (χ4n) is 3.60. The number of nitrogens with one attached hydrogen (secondary N) is 1. The van der Waals surface area contributed by atoms with Gasteiger partial charge in [0.2, 0.25) is 0 Å². The Morgan fingerprint density at radius 1 is 0.947 bits per heavy atom. The monoisotopic (exact) mass is 562 g/mol. The Morgan fingerprint density at radius 3 is 2.29 bits per heavy atom. The molecule has 202 valence electrons. The third-order valence-electron chi connectivity index (χ3n) is 5.19. The summed E-state index contributed by atoms with van der Waals surface area (Å²) in [4.78, 5) is 32.1. The lowest BCUT2D eigenvalue weighted by Gasteiger charge is -2.12. The van der Waals surface area contributed by atoms with Gasteiger partial charge in [-0.1, -0.05) is 29.8 Å². The van der Waals surface area contributed by atoms with Crippen LogP contribution in [-0.2, 0) is 13.1 Å². The van der Waals surface area contributed by atoms with E-state index in [9.17, 15) is 35.9 Å². The number of aromatic amines is 1. The molecule has 0 saturated heterocycles. The van der Waals surface area contributed by atoms with Crippen molar-refractivity contribution in [3.05, 3.63) is 80.0 Å². The van der Waals surface area contributed by atoms with Crippen LogP contribution in [0.2, 0.25) is 5.02 Å². The lowest BCUT2D eigenvalue weighted by atomic mass is 10.2. The quantitative estimate of drug-likeness (QED) is 0.282. The van der Waals surface area contributed by atoms with Crippen LogP contribution in [-0.4, -0.2) is 31.6 Å². The van der Waals surface area contributed by atoms with Crippen LogP contribution in [0.4, 0.5) is 26.3 Å². The fourth-order valence-corrected chi connectivity index (χ4v) is 3.73. The number of fused-ring (bicyclic) bond motifs is 1. The van der Waals surface area contributed by atoms with E-state index < -0.39 is 48.9 Å². The molecule has 0 fully saturated rings. The van der Waals surface area contributed by atoms with Gasteiger partial charge in [-0.2, -0.15) is 18.2 Å². The summed E-state index contributed by atoms with van der Waals surface area (Å²) in [6.45, 7) is -0.575. The van der Waals surface area contributed by atoms with Gasteiger partial charge >= 0.3 is 24.2 Å². The molecular weight excluding hydrogens is 546 g/mol. The summed E-state index contributed by atoms with van der Waals surface area (Å²) in [6, 6.07) is 10.7. The Labute approximate surface area is 214 Å². The number of nitrogens with zero attached hydrogens (tertiary/aromatic N) is 3. The highest BCUT2D eigenvalue weighted by Crippen LogP contribution is 2.30. The van der Waals surface area contributed by atoms with Gasteiger partial charge in [-0.3, -0.25) is 18.9 Å². The Balaban J connectivity index is 1.78. The van der Waals surface area contributed by atoms with Gasteiger partial charge in [-0.05, 0) is 36.2 Å². The van der Waals surface area contributed by atoms with Crippen LogP contribution in [0.1, 0.15) is 18.4 Å². The van der Waals surface area contributed by atoms with Crippen molar-refractivity contribution in [1.82, 2.24) is 19.1 Å². The zero-order valence-corrected chi connectivity index (χ0v) is 19.8. The van der Waals surface area contributed by atoms with E-state index >= 15 is 0 Å².